The van der Waals surface area contributed by atoms with Crippen LogP contribution in [0.1, 0.15) is 108 Å². The number of aromatic nitrogens is 2. The zero-order valence-electron chi connectivity index (χ0n) is 40.4. The number of ether oxygens (including phenoxy) is 4. The number of fused-ring (bicyclic) bond motifs is 2. The summed E-state index contributed by atoms with van der Waals surface area (Å²) in [4.78, 5) is 43.7. The molecule has 2 aliphatic heterocycles. The number of nitrogens with zero attached hydrogens (tertiary/aromatic N) is 3. The molecular weight excluding hydrogens is 894 g/mol. The molecule has 0 spiro atoms. The van der Waals surface area contributed by atoms with Crippen LogP contribution in [-0.2, 0) is 28.7 Å². The number of nitrogens with one attached hydrogen (secondary N) is 2. The number of hydrogen-bond donors (Lipinski definition) is 2. The van der Waals surface area contributed by atoms with Crippen molar-refractivity contribution in [1.82, 2.24) is 19.5 Å². The van der Waals surface area contributed by atoms with Crippen LogP contribution in [0.5, 0.6) is 11.5 Å². The van der Waals surface area contributed by atoms with Crippen molar-refractivity contribution in [2.24, 2.45) is 23.2 Å². The van der Waals surface area contributed by atoms with Crippen LogP contribution in [0.4, 0.5) is 0 Å². The highest BCUT2D eigenvalue weighted by Crippen LogP contribution is 2.61. The Balaban J connectivity index is 1.12. The smallest absolute Gasteiger partial charge is 0.330 e. The number of hydrogen-bond acceptors (Lipinski definition) is 11. The molecule has 1 amide bonds. The van der Waals surface area contributed by atoms with Crippen molar-refractivity contribution in [2.75, 3.05) is 34.0 Å². The van der Waals surface area contributed by atoms with Gasteiger partial charge in [0, 0.05) is 29.1 Å². The van der Waals surface area contributed by atoms with Gasteiger partial charge in [-0.3, -0.25) is 19.1 Å². The predicted octanol–water partition coefficient (Wildman–Crippen LogP) is 7.99. The predicted molar refractivity (Wildman–Crippen MR) is 261 cm³/mol. The molecule has 4 saturated carbocycles. The van der Waals surface area contributed by atoms with E-state index in [1.54, 1.807) is 14.2 Å². The number of carbonyl (C=O) groups is 1. The monoisotopic (exact) mass is 957 g/mol. The van der Waals surface area contributed by atoms with E-state index in [0.29, 0.717) is 29.3 Å². The molecule has 6 bridgehead atoms. The maximum atomic E-state index is 14.1. The molecule has 4 aliphatic carbocycles. The summed E-state index contributed by atoms with van der Waals surface area (Å²) in [5.41, 5.74) is -0.967. The van der Waals surface area contributed by atoms with E-state index in [1.807, 2.05) is 42.5 Å². The molecule has 2 saturated heterocycles. The second-order valence-electron chi connectivity index (χ2n) is 20.2. The lowest BCUT2D eigenvalue weighted by Crippen LogP contribution is -2.53. The van der Waals surface area contributed by atoms with Crippen LogP contribution in [0.25, 0.3) is 0 Å². The molecule has 364 valence electrons. The van der Waals surface area contributed by atoms with E-state index >= 15 is 0 Å². The number of H-pyrrole nitrogens is 1. The van der Waals surface area contributed by atoms with E-state index in [9.17, 15) is 19.6 Å². The molecule has 4 aromatic rings. The van der Waals surface area contributed by atoms with Crippen molar-refractivity contribution in [3.63, 3.8) is 0 Å². The lowest BCUT2D eigenvalue weighted by atomic mass is 9.49. The summed E-state index contributed by atoms with van der Waals surface area (Å²) < 4.78 is 42.8. The Morgan fingerprint density at radius 2 is 1.48 bits per heavy atom. The number of benzene rings is 3. The molecule has 0 radical (unpaired) electrons. The van der Waals surface area contributed by atoms with Crippen molar-refractivity contribution in [3.05, 3.63) is 128 Å². The Morgan fingerprint density at radius 1 is 0.899 bits per heavy atom. The lowest BCUT2D eigenvalue weighted by Gasteiger charge is -2.55. The number of nitriles is 1. The van der Waals surface area contributed by atoms with Gasteiger partial charge < -0.3 is 33.3 Å². The van der Waals surface area contributed by atoms with Crippen LogP contribution in [-0.4, -0.2) is 84.0 Å². The highest BCUT2D eigenvalue weighted by atomic mass is 31.2. The van der Waals surface area contributed by atoms with Gasteiger partial charge in [0.05, 0.1) is 46.5 Å². The Bertz CT molecular complexity index is 2600. The third-order valence-corrected chi connectivity index (χ3v) is 17.3. The summed E-state index contributed by atoms with van der Waals surface area (Å²) in [6, 6.07) is 28.4. The number of rotatable bonds is 18. The van der Waals surface area contributed by atoms with Gasteiger partial charge in [0.1, 0.15) is 34.9 Å². The fraction of sp³-hybridized carbons (Fsp3) is 0.519. The second kappa shape index (κ2) is 20.2. The normalized spacial score (nSPS) is 27.0. The Kier molecular flexibility index (Phi) is 14.3. The fourth-order valence-corrected chi connectivity index (χ4v) is 14.4. The molecule has 3 heterocycles. The standard InChI is InChI=1S/C54H64N5O9P/c1-35(2)59(36(3)4)69(66-25-11-23-55)68-47-46-49(58-32-40(48(60)57-51(58)62)12-10-24-56-50(61)52-29-37-26-38(30-52)28-39(27-37)31-52)67-53(47,34-65-46)33-54(41-13-8-7-9-14-41,42-15-19-44(63-5)20-16-42)43-17-21-45(64-6)22-18-43/h7-9,13-22,32,35-39,46-47,49H,11,24-31,33-34H2,1-6H3,(H,56,61)(H,57,60,62)/t37?,38?,39?,46?,47-,49-,52?,53+,69?/m1/s1. The van der Waals surface area contributed by atoms with Crippen molar-refractivity contribution < 1.29 is 32.8 Å². The van der Waals surface area contributed by atoms with E-state index in [1.165, 1.54) is 30.0 Å². The Hall–Kier alpha value is -5.31. The quantitative estimate of drug-likeness (QED) is 0.0430. The van der Waals surface area contributed by atoms with Crippen molar-refractivity contribution >= 4 is 14.4 Å². The zero-order chi connectivity index (χ0) is 48.5. The van der Waals surface area contributed by atoms with E-state index in [4.69, 9.17) is 28.0 Å². The van der Waals surface area contributed by atoms with Crippen molar-refractivity contribution in [1.29, 1.82) is 5.26 Å². The minimum absolute atomic E-state index is 0.00640. The minimum Gasteiger partial charge on any atom is -0.497 e. The van der Waals surface area contributed by atoms with Gasteiger partial charge in [0.25, 0.3) is 14.1 Å². The van der Waals surface area contributed by atoms with Gasteiger partial charge in [-0.25, -0.2) is 9.46 Å². The van der Waals surface area contributed by atoms with E-state index in [0.717, 1.165) is 36.0 Å². The summed E-state index contributed by atoms with van der Waals surface area (Å²) in [5.74, 6) is 9.28. The molecule has 6 fully saturated rings. The van der Waals surface area contributed by atoms with Gasteiger partial charge in [-0.15, -0.1) is 0 Å². The van der Waals surface area contributed by atoms with Crippen LogP contribution < -0.4 is 26.0 Å². The highest BCUT2D eigenvalue weighted by Gasteiger charge is 2.66. The third-order valence-electron chi connectivity index (χ3n) is 15.2. The first-order valence-corrected chi connectivity index (χ1v) is 25.5. The molecule has 6 aliphatic rings. The number of methoxy groups -OCH3 is 2. The average Bonchev–Trinajstić information content (AvgIpc) is 3.82. The van der Waals surface area contributed by atoms with Crippen LogP contribution in [0, 0.1) is 46.3 Å². The topological polar surface area (TPSA) is 166 Å². The highest BCUT2D eigenvalue weighted by molar-refractivity contribution is 7.44. The van der Waals surface area contributed by atoms with Crippen LogP contribution in [0.3, 0.4) is 0 Å². The van der Waals surface area contributed by atoms with Gasteiger partial charge in [-0.05, 0) is 131 Å². The Labute approximate surface area is 405 Å². The van der Waals surface area contributed by atoms with E-state index < -0.39 is 49.2 Å². The van der Waals surface area contributed by atoms with Gasteiger partial charge in [0.15, 0.2) is 6.23 Å². The van der Waals surface area contributed by atoms with E-state index in [-0.39, 0.29) is 61.6 Å². The number of aromatic amines is 1. The van der Waals surface area contributed by atoms with Gasteiger partial charge >= 0.3 is 5.69 Å². The maximum absolute atomic E-state index is 14.1. The molecule has 3 aromatic carbocycles. The molecule has 15 heteroatoms. The SMILES string of the molecule is COc1ccc(C(C[C@@]23COC([C@H](n4cc(C#CCNC(=O)C56CC7CC(CC(C7)C5)C6)c(=O)[nH]c4=O)O2)[C@H]3OP(OCCC#N)N(C(C)C)C(C)C)(c2ccccc2)c2ccc(OC)cc2)cc1. The molecule has 69 heavy (non-hydrogen) atoms. The summed E-state index contributed by atoms with van der Waals surface area (Å²) in [6.45, 7) is 8.61. The molecular formula is C54H64N5O9P. The molecule has 14 nitrogen and oxygen atoms in total. The summed E-state index contributed by atoms with van der Waals surface area (Å²) in [5, 5.41) is 12.7. The van der Waals surface area contributed by atoms with Crippen LogP contribution in [0.2, 0.25) is 0 Å². The third kappa shape index (κ3) is 9.40. The van der Waals surface area contributed by atoms with Gasteiger partial charge in [-0.2, -0.15) is 5.26 Å². The van der Waals surface area contributed by atoms with Crippen molar-refractivity contribution in [3.8, 4) is 29.4 Å². The first-order chi connectivity index (χ1) is 33.3. The fourth-order valence-electron chi connectivity index (χ4n) is 12.6. The largest absolute Gasteiger partial charge is 0.497 e. The molecule has 10 rings (SSSR count). The van der Waals surface area contributed by atoms with Crippen LogP contribution in [0.15, 0.2) is 94.6 Å². The first kappa shape index (κ1) is 48.7. The number of amides is 1. The minimum atomic E-state index is -1.83. The van der Waals surface area contributed by atoms with Gasteiger partial charge in [0.2, 0.25) is 5.91 Å². The first-order valence-electron chi connectivity index (χ1n) is 24.3. The van der Waals surface area contributed by atoms with E-state index in [2.05, 4.69) is 97.0 Å². The lowest BCUT2D eigenvalue weighted by molar-refractivity contribution is -0.180. The summed E-state index contributed by atoms with van der Waals surface area (Å²) in [7, 11) is 1.44. The summed E-state index contributed by atoms with van der Waals surface area (Å²) >= 11 is 0. The number of carbonyl (C=O) groups excluding carboxylic acids is 1. The molecule has 1 aromatic heterocycles. The molecule has 2 unspecified atom stereocenters. The summed E-state index contributed by atoms with van der Waals surface area (Å²) in [6.07, 6.45) is 5.60. The van der Waals surface area contributed by atoms with Crippen LogP contribution >= 0.6 is 8.53 Å². The second-order valence-corrected chi connectivity index (χ2v) is 21.6. The maximum Gasteiger partial charge on any atom is 0.330 e. The van der Waals surface area contributed by atoms with Crippen molar-refractivity contribution in [2.45, 2.75) is 121 Å². The Morgan fingerprint density at radius 3 is 2.03 bits per heavy atom. The average molecular weight is 958 g/mol. The molecule has 2 N–H and O–H groups in total. The molecule has 5 atom stereocenters. The van der Waals surface area contributed by atoms with Gasteiger partial charge in [-0.1, -0.05) is 66.4 Å². The zero-order valence-corrected chi connectivity index (χ0v) is 41.3.